The molecule has 0 fully saturated rings. The van der Waals surface area contributed by atoms with Crippen LogP contribution in [0.4, 0.5) is 11.4 Å². The fourth-order valence-corrected chi connectivity index (χ4v) is 2.23. The van der Waals surface area contributed by atoms with Gasteiger partial charge in [-0.05, 0) is 36.4 Å². The van der Waals surface area contributed by atoms with Gasteiger partial charge in [-0.3, -0.25) is 0 Å². The summed E-state index contributed by atoms with van der Waals surface area (Å²) in [5, 5.41) is 0. The van der Waals surface area contributed by atoms with Gasteiger partial charge >= 0.3 is 0 Å². The molecular weight excluding hydrogens is 332 g/mol. The van der Waals surface area contributed by atoms with Crippen molar-refractivity contribution in [3.8, 4) is 23.0 Å². The number of nitrogens with zero attached hydrogens (tertiary/aromatic N) is 2. The number of hydrogen-bond acceptors (Lipinski definition) is 6. The first-order valence-electron chi connectivity index (χ1n) is 7.60. The standard InChI is InChI=1S/C20H12N2O4/c23-13-21-17-8-1-3-10-19(17)25-15-6-5-7-16(12-15)26-20-11-4-2-9-18(20)22-14-24/h1-12H. The van der Waals surface area contributed by atoms with Gasteiger partial charge in [-0.2, -0.15) is 9.98 Å². The molecule has 0 aromatic heterocycles. The number of benzene rings is 3. The molecule has 0 saturated heterocycles. The van der Waals surface area contributed by atoms with Gasteiger partial charge in [0.2, 0.25) is 12.2 Å². The molecule has 3 aromatic rings. The molecule has 0 aliphatic rings. The quantitative estimate of drug-likeness (QED) is 0.454. The number of aliphatic imine (C=N–C) groups is 2. The van der Waals surface area contributed by atoms with Crippen molar-refractivity contribution in [1.29, 1.82) is 0 Å². The number of rotatable bonds is 6. The number of hydrogen-bond donors (Lipinski definition) is 0. The van der Waals surface area contributed by atoms with Crippen LogP contribution in [0.5, 0.6) is 23.0 Å². The summed E-state index contributed by atoms with van der Waals surface area (Å²) in [7, 11) is 0. The summed E-state index contributed by atoms with van der Waals surface area (Å²) < 4.78 is 11.6. The largest absolute Gasteiger partial charge is 0.455 e. The van der Waals surface area contributed by atoms with Crippen LogP contribution in [0.2, 0.25) is 0 Å². The van der Waals surface area contributed by atoms with E-state index in [1.165, 1.54) is 12.2 Å². The van der Waals surface area contributed by atoms with Gasteiger partial charge in [0.05, 0.1) is 0 Å². The number of isocyanates is 2. The first-order valence-corrected chi connectivity index (χ1v) is 7.60. The van der Waals surface area contributed by atoms with E-state index in [9.17, 15) is 9.59 Å². The molecule has 0 spiro atoms. The lowest BCUT2D eigenvalue weighted by atomic mass is 10.2. The second kappa shape index (κ2) is 8.22. The highest BCUT2D eigenvalue weighted by molar-refractivity contribution is 5.60. The Balaban J connectivity index is 1.86. The van der Waals surface area contributed by atoms with Crippen molar-refractivity contribution in [2.24, 2.45) is 9.98 Å². The Morgan fingerprint density at radius 2 is 1.08 bits per heavy atom. The molecule has 6 heteroatoms. The summed E-state index contributed by atoms with van der Waals surface area (Å²) in [5.74, 6) is 1.82. The van der Waals surface area contributed by atoms with Crippen LogP contribution in [-0.4, -0.2) is 12.2 Å². The van der Waals surface area contributed by atoms with E-state index in [-0.39, 0.29) is 0 Å². The predicted molar refractivity (Wildman–Crippen MR) is 95.0 cm³/mol. The highest BCUT2D eigenvalue weighted by atomic mass is 16.5. The minimum atomic E-state index is 0.375. The number of ether oxygens (including phenoxy) is 2. The second-order valence-corrected chi connectivity index (χ2v) is 5.02. The van der Waals surface area contributed by atoms with E-state index in [0.717, 1.165) is 0 Å². The van der Waals surface area contributed by atoms with Gasteiger partial charge in [0, 0.05) is 6.07 Å². The smallest absolute Gasteiger partial charge is 0.240 e. The maximum atomic E-state index is 10.5. The Morgan fingerprint density at radius 1 is 0.615 bits per heavy atom. The molecular formula is C20H12N2O4. The molecule has 3 rings (SSSR count). The summed E-state index contributed by atoms with van der Waals surface area (Å²) >= 11 is 0. The second-order valence-electron chi connectivity index (χ2n) is 5.02. The number of para-hydroxylation sites is 4. The summed E-state index contributed by atoms with van der Waals surface area (Å²) in [4.78, 5) is 28.3. The van der Waals surface area contributed by atoms with Crippen LogP contribution < -0.4 is 9.47 Å². The maximum Gasteiger partial charge on any atom is 0.240 e. The molecule has 0 bridgehead atoms. The van der Waals surface area contributed by atoms with Crippen LogP contribution in [0, 0.1) is 0 Å². The summed E-state index contributed by atoms with van der Waals surface area (Å²) in [6.07, 6.45) is 3.00. The Bertz CT molecular complexity index is 941. The molecule has 0 atom stereocenters. The lowest BCUT2D eigenvalue weighted by molar-refractivity contribution is 0.461. The third-order valence-electron chi connectivity index (χ3n) is 3.32. The van der Waals surface area contributed by atoms with E-state index in [0.29, 0.717) is 34.4 Å². The molecule has 126 valence electrons. The van der Waals surface area contributed by atoms with Gasteiger partial charge < -0.3 is 9.47 Å². The zero-order valence-corrected chi connectivity index (χ0v) is 13.5. The molecule has 0 amide bonds. The van der Waals surface area contributed by atoms with Gasteiger partial charge in [-0.15, -0.1) is 0 Å². The Hall–Kier alpha value is -3.98. The monoisotopic (exact) mass is 344 g/mol. The molecule has 0 heterocycles. The topological polar surface area (TPSA) is 77.3 Å². The molecule has 3 aromatic carbocycles. The molecule has 0 saturated carbocycles. The highest BCUT2D eigenvalue weighted by Crippen LogP contribution is 2.35. The van der Waals surface area contributed by atoms with Gasteiger partial charge in [-0.1, -0.05) is 30.3 Å². The summed E-state index contributed by atoms with van der Waals surface area (Å²) in [6, 6.07) is 20.6. The van der Waals surface area contributed by atoms with Crippen LogP contribution >= 0.6 is 0 Å². The lowest BCUT2D eigenvalue weighted by Gasteiger charge is -2.11. The lowest BCUT2D eigenvalue weighted by Crippen LogP contribution is -1.88. The van der Waals surface area contributed by atoms with Crippen LogP contribution in [0.15, 0.2) is 82.8 Å². The molecule has 0 N–H and O–H groups in total. The molecule has 0 unspecified atom stereocenters. The van der Waals surface area contributed by atoms with E-state index >= 15 is 0 Å². The first-order chi connectivity index (χ1) is 12.8. The molecule has 0 radical (unpaired) electrons. The van der Waals surface area contributed by atoms with Crippen LogP contribution in [-0.2, 0) is 9.59 Å². The van der Waals surface area contributed by atoms with Crippen LogP contribution in [0.1, 0.15) is 0 Å². The van der Waals surface area contributed by atoms with Crippen molar-refractivity contribution in [3.05, 3.63) is 72.8 Å². The van der Waals surface area contributed by atoms with Crippen molar-refractivity contribution in [2.75, 3.05) is 0 Å². The van der Waals surface area contributed by atoms with E-state index < -0.39 is 0 Å². The Kier molecular flexibility index (Phi) is 5.33. The molecule has 26 heavy (non-hydrogen) atoms. The van der Waals surface area contributed by atoms with E-state index in [1.54, 1.807) is 72.8 Å². The Morgan fingerprint density at radius 3 is 1.54 bits per heavy atom. The highest BCUT2D eigenvalue weighted by Gasteiger charge is 2.07. The predicted octanol–water partition coefficient (Wildman–Crippen LogP) is 5.21. The fourth-order valence-electron chi connectivity index (χ4n) is 2.23. The van der Waals surface area contributed by atoms with E-state index in [2.05, 4.69) is 9.98 Å². The zero-order chi connectivity index (χ0) is 18.2. The average molecular weight is 344 g/mol. The van der Waals surface area contributed by atoms with Gasteiger partial charge in [0.25, 0.3) is 0 Å². The van der Waals surface area contributed by atoms with Gasteiger partial charge in [0.15, 0.2) is 11.5 Å². The average Bonchev–Trinajstić information content (AvgIpc) is 2.66. The third-order valence-corrected chi connectivity index (χ3v) is 3.32. The van der Waals surface area contributed by atoms with Crippen molar-refractivity contribution < 1.29 is 19.1 Å². The van der Waals surface area contributed by atoms with Crippen molar-refractivity contribution in [1.82, 2.24) is 0 Å². The van der Waals surface area contributed by atoms with Crippen molar-refractivity contribution in [2.45, 2.75) is 0 Å². The van der Waals surface area contributed by atoms with Gasteiger partial charge in [0.1, 0.15) is 22.9 Å². The minimum absolute atomic E-state index is 0.375. The fraction of sp³-hybridized carbons (Fsp3) is 0. The minimum Gasteiger partial charge on any atom is -0.455 e. The van der Waals surface area contributed by atoms with Crippen molar-refractivity contribution in [3.63, 3.8) is 0 Å². The van der Waals surface area contributed by atoms with Crippen LogP contribution in [0.3, 0.4) is 0 Å². The zero-order valence-electron chi connectivity index (χ0n) is 13.5. The molecule has 0 aliphatic carbocycles. The van der Waals surface area contributed by atoms with E-state index in [1.807, 2.05) is 0 Å². The summed E-state index contributed by atoms with van der Waals surface area (Å²) in [6.45, 7) is 0. The molecule has 0 aliphatic heterocycles. The summed E-state index contributed by atoms with van der Waals surface area (Å²) in [5.41, 5.74) is 0.749. The first kappa shape index (κ1) is 16.9. The SMILES string of the molecule is O=C=Nc1ccccc1Oc1cccc(Oc2ccccc2N=C=O)c1. The number of carbonyl (C=O) groups excluding carboxylic acids is 2. The maximum absolute atomic E-state index is 10.5. The Labute approximate surface area is 149 Å². The third kappa shape index (κ3) is 4.10. The van der Waals surface area contributed by atoms with E-state index in [4.69, 9.17) is 9.47 Å². The normalized spacial score (nSPS) is 9.54. The van der Waals surface area contributed by atoms with Crippen molar-refractivity contribution >= 4 is 23.5 Å². The van der Waals surface area contributed by atoms with Crippen LogP contribution in [0.25, 0.3) is 0 Å². The molecule has 6 nitrogen and oxygen atoms in total. The van der Waals surface area contributed by atoms with Gasteiger partial charge in [-0.25, -0.2) is 9.59 Å².